The van der Waals surface area contributed by atoms with E-state index in [1.807, 2.05) is 0 Å². The molecule has 1 rings (SSSR count). The number of ketones is 2. The molecule has 0 aliphatic heterocycles. The first-order valence-electron chi connectivity index (χ1n) is 5.82. The molecule has 0 bridgehead atoms. The minimum Gasteiger partial charge on any atom is -0.315 e. The molecule has 4 N–H and O–H groups in total. The lowest BCUT2D eigenvalue weighted by atomic mass is 9.97. The molecule has 0 aromatic rings. The van der Waals surface area contributed by atoms with Gasteiger partial charge in [-0.1, -0.05) is 0 Å². The van der Waals surface area contributed by atoms with Gasteiger partial charge in [-0.3, -0.25) is 14.2 Å². The van der Waals surface area contributed by atoms with Gasteiger partial charge in [0.05, 0.1) is 13.2 Å². The van der Waals surface area contributed by atoms with Gasteiger partial charge in [-0.2, -0.15) is 0 Å². The molecule has 0 aromatic carbocycles. The summed E-state index contributed by atoms with van der Waals surface area (Å²) in [4.78, 5) is 23.5. The molecule has 0 heterocycles. The quantitative estimate of drug-likeness (QED) is 0.524. The van der Waals surface area contributed by atoms with Crippen LogP contribution in [0.4, 0.5) is 0 Å². The zero-order chi connectivity index (χ0) is 14.0. The molecule has 7 nitrogen and oxygen atoms in total. The van der Waals surface area contributed by atoms with E-state index in [1.54, 1.807) is 13.8 Å². The topological polar surface area (TPSA) is 122 Å². The lowest BCUT2D eigenvalue weighted by Gasteiger charge is -2.32. The smallest absolute Gasteiger partial charge is 0.315 e. The van der Waals surface area contributed by atoms with Crippen molar-refractivity contribution >= 4 is 19.2 Å². The standard InChI is InChI=1S/C10H19N2O5P/c1-3-16-18(15,17-4-2)9(11)10(12)7(13)5-6-8(10)14/h9H,3-6,11-12H2,1-2H3. The minimum absolute atomic E-state index is 0.0152. The number of rotatable bonds is 6. The molecule has 1 aliphatic rings. The second-order valence-corrected chi connectivity index (χ2v) is 6.19. The summed E-state index contributed by atoms with van der Waals surface area (Å²) >= 11 is 0. The van der Waals surface area contributed by atoms with Gasteiger partial charge in [0.15, 0.2) is 17.1 Å². The van der Waals surface area contributed by atoms with Crippen LogP contribution in [0, 0.1) is 0 Å². The van der Waals surface area contributed by atoms with Gasteiger partial charge in [-0.05, 0) is 13.8 Å². The van der Waals surface area contributed by atoms with Gasteiger partial charge in [0.2, 0.25) is 0 Å². The maximum absolute atomic E-state index is 12.4. The molecule has 1 fully saturated rings. The highest BCUT2D eigenvalue weighted by Gasteiger charge is 2.58. The van der Waals surface area contributed by atoms with E-state index in [0.717, 1.165) is 0 Å². The monoisotopic (exact) mass is 278 g/mol. The lowest BCUT2D eigenvalue weighted by Crippen LogP contribution is -2.62. The van der Waals surface area contributed by atoms with Crippen LogP contribution in [0.3, 0.4) is 0 Å². The van der Waals surface area contributed by atoms with E-state index in [2.05, 4.69) is 0 Å². The summed E-state index contributed by atoms with van der Waals surface area (Å²) in [6.45, 7) is 3.40. The fourth-order valence-electron chi connectivity index (χ4n) is 1.93. The van der Waals surface area contributed by atoms with Crippen molar-refractivity contribution in [1.29, 1.82) is 0 Å². The maximum atomic E-state index is 12.4. The van der Waals surface area contributed by atoms with Crippen molar-refractivity contribution in [1.82, 2.24) is 0 Å². The molecule has 8 heteroatoms. The summed E-state index contributed by atoms with van der Waals surface area (Å²) in [6, 6.07) is 0. The Bertz CT molecular complexity index is 372. The molecule has 1 aliphatic carbocycles. The van der Waals surface area contributed by atoms with Crippen molar-refractivity contribution in [2.24, 2.45) is 11.5 Å². The van der Waals surface area contributed by atoms with Crippen molar-refractivity contribution in [3.05, 3.63) is 0 Å². The van der Waals surface area contributed by atoms with Crippen LogP contribution in [0.25, 0.3) is 0 Å². The van der Waals surface area contributed by atoms with Crippen LogP contribution in [0.15, 0.2) is 0 Å². The highest BCUT2D eigenvalue weighted by atomic mass is 31.2. The number of hydrogen-bond donors (Lipinski definition) is 2. The van der Waals surface area contributed by atoms with Gasteiger partial charge in [0, 0.05) is 12.8 Å². The van der Waals surface area contributed by atoms with Crippen LogP contribution >= 0.6 is 7.60 Å². The van der Waals surface area contributed by atoms with Crippen molar-refractivity contribution < 1.29 is 23.2 Å². The van der Waals surface area contributed by atoms with Gasteiger partial charge in [0.25, 0.3) is 0 Å². The number of Topliss-reactive ketones (excluding diaryl/α,β-unsaturated/α-hetero) is 2. The molecule has 1 saturated carbocycles. The minimum atomic E-state index is -3.79. The molecule has 0 radical (unpaired) electrons. The molecule has 1 unspecified atom stereocenters. The Morgan fingerprint density at radius 2 is 1.61 bits per heavy atom. The van der Waals surface area contributed by atoms with Crippen molar-refractivity contribution in [2.75, 3.05) is 13.2 Å². The average molecular weight is 278 g/mol. The third-order valence-electron chi connectivity index (χ3n) is 2.93. The molecule has 1 atom stereocenters. The van der Waals surface area contributed by atoms with Crippen LogP contribution in [0.1, 0.15) is 26.7 Å². The molecular weight excluding hydrogens is 259 g/mol. The number of hydrogen-bond acceptors (Lipinski definition) is 7. The largest absolute Gasteiger partial charge is 0.350 e. The Morgan fingerprint density at radius 3 is 1.94 bits per heavy atom. The third kappa shape index (κ3) is 2.41. The average Bonchev–Trinajstić information content (AvgIpc) is 2.57. The van der Waals surface area contributed by atoms with Gasteiger partial charge in [0.1, 0.15) is 5.78 Å². The Hall–Kier alpha value is -0.590. The Morgan fingerprint density at radius 1 is 1.22 bits per heavy atom. The third-order valence-corrected chi connectivity index (χ3v) is 5.25. The van der Waals surface area contributed by atoms with E-state index in [-0.39, 0.29) is 26.1 Å². The van der Waals surface area contributed by atoms with Crippen LogP contribution in [-0.4, -0.2) is 36.1 Å². The maximum Gasteiger partial charge on any atom is 0.350 e. The Balaban J connectivity index is 3.09. The SMILES string of the molecule is CCOP(=O)(OCC)C(N)C1(N)C(=O)CCC1=O. The molecule has 0 amide bonds. The van der Waals surface area contributed by atoms with Crippen molar-refractivity contribution in [3.63, 3.8) is 0 Å². The summed E-state index contributed by atoms with van der Waals surface area (Å²) < 4.78 is 22.5. The van der Waals surface area contributed by atoms with E-state index in [1.165, 1.54) is 0 Å². The van der Waals surface area contributed by atoms with Crippen molar-refractivity contribution in [2.45, 2.75) is 38.0 Å². The zero-order valence-electron chi connectivity index (χ0n) is 10.5. The lowest BCUT2D eigenvalue weighted by molar-refractivity contribution is -0.129. The normalized spacial score (nSPS) is 21.3. The first-order valence-corrected chi connectivity index (χ1v) is 7.44. The zero-order valence-corrected chi connectivity index (χ0v) is 11.4. The van der Waals surface area contributed by atoms with Gasteiger partial charge >= 0.3 is 7.60 Å². The van der Waals surface area contributed by atoms with Crippen LogP contribution in [0.5, 0.6) is 0 Å². The molecule has 18 heavy (non-hydrogen) atoms. The fraction of sp³-hybridized carbons (Fsp3) is 0.800. The molecular formula is C10H19N2O5P. The number of carbonyl (C=O) groups excluding carboxylic acids is 2. The first kappa shape index (κ1) is 15.5. The Labute approximate surface area is 106 Å². The van der Waals surface area contributed by atoms with Crippen LogP contribution in [0.2, 0.25) is 0 Å². The molecule has 0 saturated heterocycles. The summed E-state index contributed by atoms with van der Waals surface area (Å²) in [5, 5.41) is 0. The fourth-order valence-corrected chi connectivity index (χ4v) is 3.84. The first-order chi connectivity index (χ1) is 8.32. The van der Waals surface area contributed by atoms with Gasteiger partial charge in [-0.15, -0.1) is 0 Å². The molecule has 0 spiro atoms. The van der Waals surface area contributed by atoms with E-state index in [0.29, 0.717) is 0 Å². The van der Waals surface area contributed by atoms with Gasteiger partial charge in [-0.25, -0.2) is 0 Å². The van der Waals surface area contributed by atoms with Gasteiger partial charge < -0.3 is 20.5 Å². The van der Waals surface area contributed by atoms with Crippen LogP contribution in [-0.2, 0) is 23.2 Å². The highest BCUT2D eigenvalue weighted by Crippen LogP contribution is 2.55. The molecule has 0 aromatic heterocycles. The van der Waals surface area contributed by atoms with E-state index < -0.39 is 30.5 Å². The van der Waals surface area contributed by atoms with E-state index in [9.17, 15) is 14.2 Å². The van der Waals surface area contributed by atoms with Crippen LogP contribution < -0.4 is 11.5 Å². The van der Waals surface area contributed by atoms with E-state index >= 15 is 0 Å². The van der Waals surface area contributed by atoms with Crippen molar-refractivity contribution in [3.8, 4) is 0 Å². The predicted octanol–water partition coefficient (Wildman–Crippen LogP) is 0.167. The summed E-state index contributed by atoms with van der Waals surface area (Å²) in [7, 11) is -3.79. The second kappa shape index (κ2) is 5.59. The highest BCUT2D eigenvalue weighted by molar-refractivity contribution is 7.54. The second-order valence-electron chi connectivity index (χ2n) is 4.04. The number of nitrogens with two attached hydrogens (primary N) is 2. The Kier molecular flexibility index (Phi) is 4.80. The molecule has 104 valence electrons. The predicted molar refractivity (Wildman–Crippen MR) is 65.0 cm³/mol. The summed E-state index contributed by atoms with van der Waals surface area (Å²) in [5.74, 6) is -2.49. The summed E-state index contributed by atoms with van der Waals surface area (Å²) in [6.07, 6.45) is 0.0303. The number of carbonyl (C=O) groups is 2. The van der Waals surface area contributed by atoms with E-state index in [4.69, 9.17) is 20.5 Å². The summed E-state index contributed by atoms with van der Waals surface area (Å²) in [5.41, 5.74) is 9.59.